The highest BCUT2D eigenvalue weighted by molar-refractivity contribution is 7.89. The van der Waals surface area contributed by atoms with E-state index < -0.39 is 27.4 Å². The first kappa shape index (κ1) is 17.5. The Morgan fingerprint density at radius 2 is 2.10 bits per heavy atom. The summed E-state index contributed by atoms with van der Waals surface area (Å²) in [4.78, 5) is 10.5. The van der Waals surface area contributed by atoms with Gasteiger partial charge in [-0.2, -0.15) is 0 Å². The molecule has 0 aromatic heterocycles. The van der Waals surface area contributed by atoms with E-state index in [1.165, 1.54) is 0 Å². The van der Waals surface area contributed by atoms with Gasteiger partial charge in [0.05, 0.1) is 10.5 Å². The third-order valence-electron chi connectivity index (χ3n) is 2.58. The second-order valence-corrected chi connectivity index (χ2v) is 6.08. The number of hydrogen-bond donors (Lipinski definition) is 2. The van der Waals surface area contributed by atoms with Crippen LogP contribution in [-0.4, -0.2) is 39.3 Å². The number of halogens is 1. The first-order valence-electron chi connectivity index (χ1n) is 6.48. The smallest absolute Gasteiger partial charge is 0.338 e. The molecule has 2 N–H and O–H groups in total. The van der Waals surface area contributed by atoms with E-state index in [0.717, 1.165) is 24.6 Å². The molecule has 0 saturated heterocycles. The number of aromatic carboxylic acids is 1. The van der Waals surface area contributed by atoms with Gasteiger partial charge < -0.3 is 9.84 Å². The first-order valence-corrected chi connectivity index (χ1v) is 7.97. The molecule has 0 radical (unpaired) electrons. The van der Waals surface area contributed by atoms with Crippen LogP contribution in [0, 0.1) is 5.82 Å². The van der Waals surface area contributed by atoms with Crippen molar-refractivity contribution in [2.75, 3.05) is 19.8 Å². The first-order chi connectivity index (χ1) is 9.88. The molecule has 0 aliphatic rings. The van der Waals surface area contributed by atoms with Gasteiger partial charge in [-0.15, -0.1) is 0 Å². The summed E-state index contributed by atoms with van der Waals surface area (Å²) in [6.07, 6.45) is 1.38. The molecule has 1 rings (SSSR count). The fourth-order valence-corrected chi connectivity index (χ4v) is 2.65. The van der Waals surface area contributed by atoms with Crippen LogP contribution in [0.25, 0.3) is 0 Å². The van der Waals surface area contributed by atoms with E-state index in [2.05, 4.69) is 4.72 Å². The largest absolute Gasteiger partial charge is 0.478 e. The Kier molecular flexibility index (Phi) is 6.73. The standard InChI is InChI=1S/C13H18FNO5S/c1-2-7-20-8-3-6-15-21(18,19)10-4-5-12(14)11(9-10)13(16)17/h4-5,9,15H,2-3,6-8H2,1H3,(H,16,17). The van der Waals surface area contributed by atoms with Crippen molar-refractivity contribution in [3.05, 3.63) is 29.6 Å². The minimum atomic E-state index is -3.86. The van der Waals surface area contributed by atoms with Crippen LogP contribution in [0.3, 0.4) is 0 Å². The quantitative estimate of drug-likeness (QED) is 0.675. The van der Waals surface area contributed by atoms with Crippen LogP contribution < -0.4 is 4.72 Å². The second-order valence-electron chi connectivity index (χ2n) is 4.31. The van der Waals surface area contributed by atoms with Crippen LogP contribution in [0.2, 0.25) is 0 Å². The van der Waals surface area contributed by atoms with E-state index in [9.17, 15) is 17.6 Å². The number of sulfonamides is 1. The number of carboxylic acids is 1. The lowest BCUT2D eigenvalue weighted by molar-refractivity contribution is 0.0691. The van der Waals surface area contributed by atoms with Crippen molar-refractivity contribution in [2.45, 2.75) is 24.7 Å². The monoisotopic (exact) mass is 319 g/mol. The molecule has 0 atom stereocenters. The number of benzene rings is 1. The van der Waals surface area contributed by atoms with Gasteiger partial charge in [0.1, 0.15) is 5.82 Å². The summed E-state index contributed by atoms with van der Waals surface area (Å²) in [7, 11) is -3.86. The molecule has 0 aliphatic carbocycles. The third kappa shape index (κ3) is 5.41. The predicted octanol–water partition coefficient (Wildman–Crippen LogP) is 1.62. The molecule has 1 aromatic rings. The van der Waals surface area contributed by atoms with Gasteiger partial charge in [-0.3, -0.25) is 0 Å². The van der Waals surface area contributed by atoms with Gasteiger partial charge in [-0.05, 0) is 31.0 Å². The highest BCUT2D eigenvalue weighted by atomic mass is 32.2. The molecular formula is C13H18FNO5S. The molecule has 0 aliphatic heterocycles. The molecule has 8 heteroatoms. The normalized spacial score (nSPS) is 11.5. The molecule has 0 bridgehead atoms. The molecule has 118 valence electrons. The molecule has 21 heavy (non-hydrogen) atoms. The van der Waals surface area contributed by atoms with Gasteiger partial charge in [-0.25, -0.2) is 22.3 Å². The van der Waals surface area contributed by atoms with Crippen molar-refractivity contribution in [1.29, 1.82) is 0 Å². The Bertz CT molecular complexity index is 588. The van der Waals surface area contributed by atoms with Crippen molar-refractivity contribution in [3.8, 4) is 0 Å². The lowest BCUT2D eigenvalue weighted by Crippen LogP contribution is -2.26. The topological polar surface area (TPSA) is 92.7 Å². The SMILES string of the molecule is CCCOCCCNS(=O)(=O)c1ccc(F)c(C(=O)O)c1. The third-order valence-corrected chi connectivity index (χ3v) is 4.04. The van der Waals surface area contributed by atoms with Gasteiger partial charge in [0, 0.05) is 19.8 Å². The van der Waals surface area contributed by atoms with E-state index >= 15 is 0 Å². The van der Waals surface area contributed by atoms with Gasteiger partial charge in [0.2, 0.25) is 10.0 Å². The fraction of sp³-hybridized carbons (Fsp3) is 0.462. The minimum Gasteiger partial charge on any atom is -0.478 e. The average molecular weight is 319 g/mol. The number of ether oxygens (including phenoxy) is 1. The number of nitrogens with one attached hydrogen (secondary N) is 1. The van der Waals surface area contributed by atoms with Crippen LogP contribution in [0.5, 0.6) is 0 Å². The minimum absolute atomic E-state index is 0.159. The zero-order chi connectivity index (χ0) is 15.9. The van der Waals surface area contributed by atoms with Gasteiger partial charge in [-0.1, -0.05) is 6.92 Å². The Labute approximate surface area is 123 Å². The van der Waals surface area contributed by atoms with Gasteiger partial charge in [0.15, 0.2) is 0 Å². The highest BCUT2D eigenvalue weighted by Crippen LogP contribution is 2.15. The fourth-order valence-electron chi connectivity index (χ4n) is 1.55. The van der Waals surface area contributed by atoms with Crippen molar-refractivity contribution in [1.82, 2.24) is 4.72 Å². The van der Waals surface area contributed by atoms with Crippen LogP contribution in [0.15, 0.2) is 23.1 Å². The maximum absolute atomic E-state index is 13.2. The maximum Gasteiger partial charge on any atom is 0.338 e. The summed E-state index contributed by atoms with van der Waals surface area (Å²) < 4.78 is 44.6. The number of carboxylic acid groups (broad SMARTS) is 1. The van der Waals surface area contributed by atoms with E-state index in [1.807, 2.05) is 6.92 Å². The Balaban J connectivity index is 2.66. The van der Waals surface area contributed by atoms with E-state index in [1.54, 1.807) is 0 Å². The molecule has 0 heterocycles. The summed E-state index contributed by atoms with van der Waals surface area (Å²) >= 11 is 0. The highest BCUT2D eigenvalue weighted by Gasteiger charge is 2.18. The molecule has 0 saturated carbocycles. The summed E-state index contributed by atoms with van der Waals surface area (Å²) in [6, 6.07) is 2.65. The lowest BCUT2D eigenvalue weighted by atomic mass is 10.2. The molecule has 0 spiro atoms. The Morgan fingerprint density at radius 1 is 1.38 bits per heavy atom. The van der Waals surface area contributed by atoms with E-state index in [4.69, 9.17) is 9.84 Å². The molecule has 0 unspecified atom stereocenters. The Hall–Kier alpha value is -1.51. The molecule has 1 aromatic carbocycles. The number of rotatable bonds is 9. The Morgan fingerprint density at radius 3 is 2.71 bits per heavy atom. The number of carbonyl (C=O) groups is 1. The molecular weight excluding hydrogens is 301 g/mol. The van der Waals surface area contributed by atoms with Crippen LogP contribution in [0.1, 0.15) is 30.1 Å². The van der Waals surface area contributed by atoms with Crippen molar-refractivity contribution in [3.63, 3.8) is 0 Å². The average Bonchev–Trinajstić information content (AvgIpc) is 2.42. The predicted molar refractivity (Wildman–Crippen MR) is 74.3 cm³/mol. The van der Waals surface area contributed by atoms with Crippen molar-refractivity contribution >= 4 is 16.0 Å². The molecule has 6 nitrogen and oxygen atoms in total. The van der Waals surface area contributed by atoms with E-state index in [-0.39, 0.29) is 11.4 Å². The zero-order valence-corrected chi connectivity index (χ0v) is 12.5. The van der Waals surface area contributed by atoms with Gasteiger partial charge >= 0.3 is 5.97 Å². The number of hydrogen-bond acceptors (Lipinski definition) is 4. The molecule has 0 amide bonds. The summed E-state index contributed by atoms with van der Waals surface area (Å²) in [5.41, 5.74) is -0.677. The summed E-state index contributed by atoms with van der Waals surface area (Å²) in [5.74, 6) is -2.49. The van der Waals surface area contributed by atoms with Crippen LogP contribution in [-0.2, 0) is 14.8 Å². The van der Waals surface area contributed by atoms with Crippen LogP contribution >= 0.6 is 0 Å². The van der Waals surface area contributed by atoms with Crippen molar-refractivity contribution in [2.24, 2.45) is 0 Å². The maximum atomic E-state index is 13.2. The lowest BCUT2D eigenvalue weighted by Gasteiger charge is -2.08. The summed E-state index contributed by atoms with van der Waals surface area (Å²) in [5, 5.41) is 8.78. The van der Waals surface area contributed by atoms with E-state index in [0.29, 0.717) is 19.6 Å². The molecule has 0 fully saturated rings. The van der Waals surface area contributed by atoms with Gasteiger partial charge in [0.25, 0.3) is 0 Å². The van der Waals surface area contributed by atoms with Crippen molar-refractivity contribution < 1.29 is 27.4 Å². The second kappa shape index (κ2) is 8.06. The summed E-state index contributed by atoms with van der Waals surface area (Å²) in [6.45, 7) is 3.18. The van der Waals surface area contributed by atoms with Crippen LogP contribution in [0.4, 0.5) is 4.39 Å². The zero-order valence-electron chi connectivity index (χ0n) is 11.6.